The lowest BCUT2D eigenvalue weighted by molar-refractivity contribution is 0.410. The Morgan fingerprint density at radius 1 is 1.35 bits per heavy atom. The van der Waals surface area contributed by atoms with Crippen LogP contribution >= 0.6 is 11.5 Å². The molecule has 0 aliphatic heterocycles. The highest BCUT2D eigenvalue weighted by Crippen LogP contribution is 2.18. The first-order valence-electron chi connectivity index (χ1n) is 5.45. The standard InChI is InChI=1S/C12H15N3OS/c1-9-14-12(17-15-9)13-8-7-10-5-3-4-6-11(10)16-2/h3-6H,7-8H2,1-2H3,(H,13,14,15). The molecule has 1 heterocycles. The molecule has 90 valence electrons. The van der Waals surface area contributed by atoms with Gasteiger partial charge in [-0.2, -0.15) is 4.37 Å². The number of ether oxygens (including phenoxy) is 1. The third-order valence-corrected chi connectivity index (χ3v) is 3.15. The maximum atomic E-state index is 5.30. The Morgan fingerprint density at radius 2 is 2.18 bits per heavy atom. The Hall–Kier alpha value is -1.62. The zero-order valence-electron chi connectivity index (χ0n) is 9.93. The van der Waals surface area contributed by atoms with Crippen LogP contribution in [0, 0.1) is 6.92 Å². The predicted octanol–water partition coefficient (Wildman–Crippen LogP) is 2.51. The van der Waals surface area contributed by atoms with Crippen LogP contribution in [0.3, 0.4) is 0 Å². The van der Waals surface area contributed by atoms with Crippen LogP contribution in [0.1, 0.15) is 11.4 Å². The molecular formula is C12H15N3OS. The maximum Gasteiger partial charge on any atom is 0.202 e. The maximum absolute atomic E-state index is 5.30. The van der Waals surface area contributed by atoms with Gasteiger partial charge in [-0.3, -0.25) is 0 Å². The fourth-order valence-corrected chi connectivity index (χ4v) is 2.18. The Bertz CT molecular complexity index is 484. The first kappa shape index (κ1) is 11.9. The van der Waals surface area contributed by atoms with Crippen LogP contribution in [0.4, 0.5) is 5.13 Å². The first-order chi connectivity index (χ1) is 8.29. The van der Waals surface area contributed by atoms with Gasteiger partial charge in [0.25, 0.3) is 0 Å². The number of para-hydroxylation sites is 1. The van der Waals surface area contributed by atoms with Gasteiger partial charge >= 0.3 is 0 Å². The molecule has 0 radical (unpaired) electrons. The quantitative estimate of drug-likeness (QED) is 0.884. The predicted molar refractivity (Wildman–Crippen MR) is 69.8 cm³/mol. The molecule has 1 aromatic heterocycles. The molecule has 0 fully saturated rings. The van der Waals surface area contributed by atoms with Gasteiger partial charge in [-0.15, -0.1) is 0 Å². The minimum absolute atomic E-state index is 0.815. The summed E-state index contributed by atoms with van der Waals surface area (Å²) in [6.07, 6.45) is 0.905. The van der Waals surface area contributed by atoms with E-state index in [1.807, 2.05) is 25.1 Å². The summed E-state index contributed by atoms with van der Waals surface area (Å²) in [5, 5.41) is 4.13. The van der Waals surface area contributed by atoms with E-state index >= 15 is 0 Å². The van der Waals surface area contributed by atoms with Crippen molar-refractivity contribution in [2.45, 2.75) is 13.3 Å². The Balaban J connectivity index is 1.89. The molecule has 0 aliphatic carbocycles. The zero-order valence-corrected chi connectivity index (χ0v) is 10.8. The minimum atomic E-state index is 0.815. The zero-order chi connectivity index (χ0) is 12.1. The average molecular weight is 249 g/mol. The van der Waals surface area contributed by atoms with E-state index in [4.69, 9.17) is 4.74 Å². The van der Waals surface area contributed by atoms with E-state index < -0.39 is 0 Å². The molecule has 2 rings (SSSR count). The molecule has 1 aromatic carbocycles. The monoisotopic (exact) mass is 249 g/mol. The summed E-state index contributed by atoms with van der Waals surface area (Å²) in [7, 11) is 1.69. The molecule has 2 aromatic rings. The number of aromatic nitrogens is 2. The van der Waals surface area contributed by atoms with Gasteiger partial charge in [-0.25, -0.2) is 4.98 Å². The van der Waals surface area contributed by atoms with E-state index in [2.05, 4.69) is 20.7 Å². The third kappa shape index (κ3) is 3.17. The van der Waals surface area contributed by atoms with Crippen molar-refractivity contribution in [1.29, 1.82) is 0 Å². The van der Waals surface area contributed by atoms with Crippen molar-refractivity contribution in [1.82, 2.24) is 9.36 Å². The molecule has 0 bridgehead atoms. The van der Waals surface area contributed by atoms with Crippen LogP contribution in [0.2, 0.25) is 0 Å². The van der Waals surface area contributed by atoms with E-state index in [1.165, 1.54) is 17.1 Å². The van der Waals surface area contributed by atoms with Gasteiger partial charge in [0, 0.05) is 18.1 Å². The second-order valence-corrected chi connectivity index (χ2v) is 4.39. The number of benzene rings is 1. The first-order valence-corrected chi connectivity index (χ1v) is 6.23. The molecule has 0 amide bonds. The second kappa shape index (κ2) is 5.63. The molecule has 5 heteroatoms. The van der Waals surface area contributed by atoms with Crippen molar-refractivity contribution in [3.8, 4) is 5.75 Å². The van der Waals surface area contributed by atoms with Crippen LogP contribution in [-0.4, -0.2) is 23.0 Å². The Labute approximate surface area is 105 Å². The number of anilines is 1. The Morgan fingerprint density at radius 3 is 2.88 bits per heavy atom. The lowest BCUT2D eigenvalue weighted by atomic mass is 10.1. The van der Waals surface area contributed by atoms with E-state index in [-0.39, 0.29) is 0 Å². The summed E-state index contributed by atoms with van der Waals surface area (Å²) in [5.41, 5.74) is 1.20. The summed E-state index contributed by atoms with van der Waals surface area (Å²) >= 11 is 1.39. The Kier molecular flexibility index (Phi) is 3.93. The third-order valence-electron chi connectivity index (χ3n) is 2.39. The van der Waals surface area contributed by atoms with Crippen LogP contribution in [0.15, 0.2) is 24.3 Å². The highest BCUT2D eigenvalue weighted by molar-refractivity contribution is 7.09. The molecule has 0 atom stereocenters. The number of nitrogens with one attached hydrogen (secondary N) is 1. The van der Waals surface area contributed by atoms with Crippen molar-refractivity contribution in [2.24, 2.45) is 0 Å². The number of rotatable bonds is 5. The van der Waals surface area contributed by atoms with E-state index in [0.717, 1.165) is 29.7 Å². The molecule has 4 nitrogen and oxygen atoms in total. The molecular weight excluding hydrogens is 234 g/mol. The fourth-order valence-electron chi connectivity index (χ4n) is 1.58. The summed E-state index contributed by atoms with van der Waals surface area (Å²) in [6, 6.07) is 8.05. The minimum Gasteiger partial charge on any atom is -0.496 e. The van der Waals surface area contributed by atoms with E-state index in [1.54, 1.807) is 7.11 Å². The van der Waals surface area contributed by atoms with Crippen LogP contribution < -0.4 is 10.1 Å². The normalized spacial score (nSPS) is 10.2. The van der Waals surface area contributed by atoms with Crippen molar-refractivity contribution < 1.29 is 4.74 Å². The van der Waals surface area contributed by atoms with Crippen molar-refractivity contribution >= 4 is 16.7 Å². The van der Waals surface area contributed by atoms with Crippen LogP contribution in [0.5, 0.6) is 5.75 Å². The number of hydrogen-bond acceptors (Lipinski definition) is 5. The van der Waals surface area contributed by atoms with E-state index in [9.17, 15) is 0 Å². The summed E-state index contributed by atoms with van der Waals surface area (Å²) in [4.78, 5) is 4.25. The number of nitrogens with zero attached hydrogens (tertiary/aromatic N) is 2. The summed E-state index contributed by atoms with van der Waals surface area (Å²) < 4.78 is 9.42. The molecule has 17 heavy (non-hydrogen) atoms. The van der Waals surface area contributed by atoms with Crippen molar-refractivity contribution in [2.75, 3.05) is 19.0 Å². The molecule has 0 saturated heterocycles. The fraction of sp³-hybridized carbons (Fsp3) is 0.333. The lowest BCUT2D eigenvalue weighted by Crippen LogP contribution is -2.05. The number of methoxy groups -OCH3 is 1. The molecule has 0 spiro atoms. The topological polar surface area (TPSA) is 47.0 Å². The van der Waals surface area contributed by atoms with Crippen LogP contribution in [-0.2, 0) is 6.42 Å². The van der Waals surface area contributed by atoms with Gasteiger partial charge in [0.1, 0.15) is 11.6 Å². The smallest absolute Gasteiger partial charge is 0.202 e. The van der Waals surface area contributed by atoms with Gasteiger partial charge < -0.3 is 10.1 Å². The van der Waals surface area contributed by atoms with Gasteiger partial charge in [-0.1, -0.05) is 18.2 Å². The number of aryl methyl sites for hydroxylation is 1. The van der Waals surface area contributed by atoms with Gasteiger partial charge in [0.05, 0.1) is 7.11 Å². The molecule has 0 unspecified atom stereocenters. The largest absolute Gasteiger partial charge is 0.496 e. The van der Waals surface area contributed by atoms with Gasteiger partial charge in [-0.05, 0) is 25.0 Å². The molecule has 0 saturated carbocycles. The molecule has 0 aliphatic rings. The number of hydrogen-bond donors (Lipinski definition) is 1. The van der Waals surface area contributed by atoms with Crippen LogP contribution in [0.25, 0.3) is 0 Å². The molecule has 1 N–H and O–H groups in total. The average Bonchev–Trinajstić information content (AvgIpc) is 2.76. The van der Waals surface area contributed by atoms with E-state index in [0.29, 0.717) is 0 Å². The van der Waals surface area contributed by atoms with Crippen molar-refractivity contribution in [3.63, 3.8) is 0 Å². The lowest BCUT2D eigenvalue weighted by Gasteiger charge is -2.07. The summed E-state index contributed by atoms with van der Waals surface area (Å²) in [5.74, 6) is 1.75. The SMILES string of the molecule is COc1ccccc1CCNc1nc(C)ns1. The van der Waals surface area contributed by atoms with Crippen molar-refractivity contribution in [3.05, 3.63) is 35.7 Å². The van der Waals surface area contributed by atoms with Gasteiger partial charge in [0.2, 0.25) is 5.13 Å². The summed E-state index contributed by atoms with van der Waals surface area (Å²) in [6.45, 7) is 2.72. The second-order valence-electron chi connectivity index (χ2n) is 3.64. The highest BCUT2D eigenvalue weighted by Gasteiger charge is 2.02. The van der Waals surface area contributed by atoms with Gasteiger partial charge in [0.15, 0.2) is 0 Å². The highest BCUT2D eigenvalue weighted by atomic mass is 32.1.